The van der Waals surface area contributed by atoms with Crippen molar-refractivity contribution in [2.75, 3.05) is 7.11 Å². The van der Waals surface area contributed by atoms with Gasteiger partial charge in [0.2, 0.25) is 5.88 Å². The fourth-order valence-electron chi connectivity index (χ4n) is 0.796. The van der Waals surface area contributed by atoms with E-state index in [1.807, 2.05) is 19.1 Å². The van der Waals surface area contributed by atoms with Crippen molar-refractivity contribution in [2.45, 2.75) is 12.2 Å². The van der Waals surface area contributed by atoms with Gasteiger partial charge in [-0.15, -0.1) is 0 Å². The summed E-state index contributed by atoms with van der Waals surface area (Å²) >= 11 is 4.29. The lowest BCUT2D eigenvalue weighted by atomic mass is 10.2. The minimum atomic E-state index is 0.229. The van der Waals surface area contributed by atoms with Gasteiger partial charge in [-0.05, 0) is 18.6 Å². The molecule has 0 aliphatic carbocycles. The van der Waals surface area contributed by atoms with Crippen molar-refractivity contribution in [3.63, 3.8) is 0 Å². The predicted molar refractivity (Wildman–Crippen MR) is 48.2 cm³/mol. The van der Waals surface area contributed by atoms with Crippen LogP contribution in [-0.4, -0.2) is 12.1 Å². The van der Waals surface area contributed by atoms with Crippen molar-refractivity contribution in [3.05, 3.63) is 23.9 Å². The molecule has 1 heterocycles. The van der Waals surface area contributed by atoms with E-state index >= 15 is 0 Å². The van der Waals surface area contributed by atoms with Crippen molar-refractivity contribution < 1.29 is 4.74 Å². The highest BCUT2D eigenvalue weighted by molar-refractivity contribution is 7.80. The molecule has 1 aromatic heterocycles. The summed E-state index contributed by atoms with van der Waals surface area (Å²) < 4.78 is 4.96. The fourth-order valence-corrected chi connectivity index (χ4v) is 0.957. The molecule has 0 fully saturated rings. The van der Waals surface area contributed by atoms with Crippen LogP contribution in [0, 0.1) is 0 Å². The third kappa shape index (κ3) is 2.12. The average Bonchev–Trinajstić information content (AvgIpc) is 2.05. The molecule has 2 nitrogen and oxygen atoms in total. The van der Waals surface area contributed by atoms with E-state index in [0.29, 0.717) is 5.88 Å². The summed E-state index contributed by atoms with van der Waals surface area (Å²) in [4.78, 5) is 3.98. The highest BCUT2D eigenvalue weighted by Crippen LogP contribution is 2.20. The summed E-state index contributed by atoms with van der Waals surface area (Å²) in [7, 11) is 1.61. The van der Waals surface area contributed by atoms with Crippen LogP contribution in [0.15, 0.2) is 18.3 Å². The number of nitrogens with zero attached hydrogens (tertiary/aromatic N) is 1. The molecule has 0 aliphatic rings. The van der Waals surface area contributed by atoms with Crippen LogP contribution < -0.4 is 4.74 Å². The summed E-state index contributed by atoms with van der Waals surface area (Å²) in [6.07, 6.45) is 1.72. The van der Waals surface area contributed by atoms with E-state index in [1.165, 1.54) is 0 Å². The van der Waals surface area contributed by atoms with Gasteiger partial charge in [-0.25, -0.2) is 4.98 Å². The summed E-state index contributed by atoms with van der Waals surface area (Å²) in [5, 5.41) is 0.229. The van der Waals surface area contributed by atoms with Gasteiger partial charge in [0, 0.05) is 17.5 Å². The second-order valence-corrected chi connectivity index (χ2v) is 3.08. The van der Waals surface area contributed by atoms with Crippen molar-refractivity contribution in [1.29, 1.82) is 0 Å². The van der Waals surface area contributed by atoms with E-state index in [9.17, 15) is 0 Å². The Morgan fingerprint density at radius 3 is 2.91 bits per heavy atom. The van der Waals surface area contributed by atoms with E-state index in [-0.39, 0.29) is 5.25 Å². The van der Waals surface area contributed by atoms with Gasteiger partial charge in [-0.3, -0.25) is 0 Å². The maximum absolute atomic E-state index is 4.96. The van der Waals surface area contributed by atoms with Gasteiger partial charge < -0.3 is 4.74 Å². The van der Waals surface area contributed by atoms with Crippen LogP contribution in [0.2, 0.25) is 0 Å². The second-order valence-electron chi connectivity index (χ2n) is 2.31. The predicted octanol–water partition coefficient (Wildman–Crippen LogP) is 2.08. The van der Waals surface area contributed by atoms with E-state index in [4.69, 9.17) is 4.74 Å². The summed E-state index contributed by atoms with van der Waals surface area (Å²) in [5.41, 5.74) is 1.13. The molecule has 0 aliphatic heterocycles. The molecule has 0 aromatic carbocycles. The first kappa shape index (κ1) is 8.40. The standard InChI is InChI=1S/C8H11NOS/c1-6(11)7-3-4-9-8(5-7)10-2/h3-6,11H,1-2H3. The van der Waals surface area contributed by atoms with Gasteiger partial charge in [0.25, 0.3) is 0 Å². The molecule has 1 aromatic rings. The first-order chi connectivity index (χ1) is 5.24. The number of aromatic nitrogens is 1. The molecule has 60 valence electrons. The van der Waals surface area contributed by atoms with Crippen molar-refractivity contribution >= 4 is 12.6 Å². The molecular formula is C8H11NOS. The lowest BCUT2D eigenvalue weighted by Crippen LogP contribution is -1.90. The molecule has 0 saturated heterocycles. The smallest absolute Gasteiger partial charge is 0.213 e. The van der Waals surface area contributed by atoms with E-state index < -0.39 is 0 Å². The minimum Gasteiger partial charge on any atom is -0.481 e. The third-order valence-electron chi connectivity index (χ3n) is 1.45. The average molecular weight is 169 g/mol. The number of methoxy groups -OCH3 is 1. The molecule has 0 spiro atoms. The molecule has 1 rings (SSSR count). The normalized spacial score (nSPS) is 12.6. The third-order valence-corrected chi connectivity index (χ3v) is 1.75. The van der Waals surface area contributed by atoms with Crippen LogP contribution in [0.25, 0.3) is 0 Å². The largest absolute Gasteiger partial charge is 0.481 e. The first-order valence-electron chi connectivity index (χ1n) is 3.42. The highest BCUT2D eigenvalue weighted by atomic mass is 32.1. The summed E-state index contributed by atoms with van der Waals surface area (Å²) in [6.45, 7) is 2.01. The lowest BCUT2D eigenvalue weighted by Gasteiger charge is -2.04. The van der Waals surface area contributed by atoms with E-state index in [2.05, 4.69) is 17.6 Å². The van der Waals surface area contributed by atoms with Crippen molar-refractivity contribution in [3.8, 4) is 5.88 Å². The topological polar surface area (TPSA) is 22.1 Å². The van der Waals surface area contributed by atoms with Crippen LogP contribution in [0.4, 0.5) is 0 Å². The zero-order valence-electron chi connectivity index (χ0n) is 6.61. The lowest BCUT2D eigenvalue weighted by molar-refractivity contribution is 0.397. The maximum Gasteiger partial charge on any atom is 0.213 e. The fraction of sp³-hybridized carbons (Fsp3) is 0.375. The molecule has 0 N–H and O–H groups in total. The first-order valence-corrected chi connectivity index (χ1v) is 3.93. The molecule has 0 saturated carbocycles. The van der Waals surface area contributed by atoms with Crippen molar-refractivity contribution in [2.24, 2.45) is 0 Å². The molecule has 11 heavy (non-hydrogen) atoms. The Bertz CT molecular complexity index is 237. The molecule has 1 atom stereocenters. The van der Waals surface area contributed by atoms with Crippen LogP contribution in [0.3, 0.4) is 0 Å². The molecule has 0 bridgehead atoms. The second kappa shape index (κ2) is 3.62. The Hall–Kier alpha value is -0.700. The van der Waals surface area contributed by atoms with E-state index in [0.717, 1.165) is 5.56 Å². The Balaban J connectivity index is 2.91. The number of pyridine rings is 1. The van der Waals surface area contributed by atoms with Crippen LogP contribution in [0.5, 0.6) is 5.88 Å². The minimum absolute atomic E-state index is 0.229. The Morgan fingerprint density at radius 1 is 1.64 bits per heavy atom. The Morgan fingerprint density at radius 2 is 2.36 bits per heavy atom. The molecular weight excluding hydrogens is 158 g/mol. The summed E-state index contributed by atoms with van der Waals surface area (Å²) in [6, 6.07) is 3.82. The van der Waals surface area contributed by atoms with Crippen LogP contribution >= 0.6 is 12.6 Å². The maximum atomic E-state index is 4.96. The number of thiol groups is 1. The number of rotatable bonds is 2. The Labute approximate surface area is 72.0 Å². The van der Waals surface area contributed by atoms with Crippen LogP contribution in [0.1, 0.15) is 17.7 Å². The molecule has 3 heteroatoms. The number of hydrogen-bond donors (Lipinski definition) is 1. The highest BCUT2D eigenvalue weighted by Gasteiger charge is 2.00. The number of ether oxygens (including phenoxy) is 1. The van der Waals surface area contributed by atoms with Gasteiger partial charge in [-0.2, -0.15) is 12.6 Å². The SMILES string of the molecule is COc1cc(C(C)S)ccn1. The quantitative estimate of drug-likeness (QED) is 0.685. The van der Waals surface area contributed by atoms with E-state index in [1.54, 1.807) is 13.3 Å². The monoisotopic (exact) mass is 169 g/mol. The summed E-state index contributed by atoms with van der Waals surface area (Å²) in [5.74, 6) is 0.642. The zero-order chi connectivity index (χ0) is 8.27. The molecule has 0 radical (unpaired) electrons. The molecule has 0 amide bonds. The van der Waals surface area contributed by atoms with Crippen molar-refractivity contribution in [1.82, 2.24) is 4.98 Å². The van der Waals surface area contributed by atoms with Gasteiger partial charge in [0.1, 0.15) is 0 Å². The van der Waals surface area contributed by atoms with Gasteiger partial charge in [-0.1, -0.05) is 0 Å². The zero-order valence-corrected chi connectivity index (χ0v) is 7.51. The van der Waals surface area contributed by atoms with Crippen LogP contribution in [-0.2, 0) is 0 Å². The van der Waals surface area contributed by atoms with Gasteiger partial charge >= 0.3 is 0 Å². The van der Waals surface area contributed by atoms with Gasteiger partial charge in [0.05, 0.1) is 7.11 Å². The molecule has 1 unspecified atom stereocenters. The Kier molecular flexibility index (Phi) is 2.76. The van der Waals surface area contributed by atoms with Gasteiger partial charge in [0.15, 0.2) is 0 Å². The number of hydrogen-bond acceptors (Lipinski definition) is 3.